The van der Waals surface area contributed by atoms with Crippen molar-refractivity contribution in [2.75, 3.05) is 6.61 Å². The normalized spacial score (nSPS) is 11.0. The zero-order valence-corrected chi connectivity index (χ0v) is 5.48. The smallest absolute Gasteiger partial charge is 0.114 e. The van der Waals surface area contributed by atoms with E-state index in [0.717, 1.165) is 5.76 Å². The largest absolute Gasteiger partial charge is 0.494 e. The average molecular weight is 112 g/mol. The van der Waals surface area contributed by atoms with E-state index in [9.17, 15) is 0 Å². The maximum Gasteiger partial charge on any atom is 0.114 e. The summed E-state index contributed by atoms with van der Waals surface area (Å²) in [6, 6.07) is 0. The van der Waals surface area contributed by atoms with Crippen LogP contribution in [0.5, 0.6) is 0 Å². The molecule has 0 atom stereocenters. The predicted octanol–water partition coefficient (Wildman–Crippen LogP) is 2.11. The fourth-order valence-corrected chi connectivity index (χ4v) is 0.427. The lowest BCUT2D eigenvalue weighted by Crippen LogP contribution is -1.85. The highest BCUT2D eigenvalue weighted by atomic mass is 16.5. The molecule has 1 heteroatoms. The second kappa shape index (κ2) is 4.44. The fourth-order valence-electron chi connectivity index (χ4n) is 0.427. The molecule has 0 N–H and O–H groups in total. The standard InChI is InChI=1S/C7H12O/c1-4-7(5-2)8-6-3/h4-5H,1,6H2,2-3H3. The van der Waals surface area contributed by atoms with Crippen LogP contribution in [0.25, 0.3) is 0 Å². The summed E-state index contributed by atoms with van der Waals surface area (Å²) in [5.41, 5.74) is 0. The van der Waals surface area contributed by atoms with Crippen LogP contribution in [0.2, 0.25) is 0 Å². The molecule has 0 fully saturated rings. The Bertz CT molecular complexity index is 92.6. The van der Waals surface area contributed by atoms with Gasteiger partial charge in [-0.05, 0) is 26.0 Å². The van der Waals surface area contributed by atoms with Crippen molar-refractivity contribution in [3.8, 4) is 0 Å². The second-order valence-electron chi connectivity index (χ2n) is 1.33. The summed E-state index contributed by atoms with van der Waals surface area (Å²) in [4.78, 5) is 0. The van der Waals surface area contributed by atoms with Crippen LogP contribution in [0, 0.1) is 0 Å². The molecule has 0 saturated carbocycles. The lowest BCUT2D eigenvalue weighted by atomic mass is 10.4. The Morgan fingerprint density at radius 2 is 2.38 bits per heavy atom. The molecule has 0 aromatic heterocycles. The predicted molar refractivity (Wildman–Crippen MR) is 35.6 cm³/mol. The van der Waals surface area contributed by atoms with Gasteiger partial charge >= 0.3 is 0 Å². The van der Waals surface area contributed by atoms with Crippen LogP contribution < -0.4 is 0 Å². The zero-order chi connectivity index (χ0) is 6.41. The molecule has 0 aliphatic rings. The first-order chi connectivity index (χ1) is 3.85. The first-order valence-electron chi connectivity index (χ1n) is 2.76. The highest BCUT2D eigenvalue weighted by Gasteiger charge is 1.82. The quantitative estimate of drug-likeness (QED) is 0.401. The van der Waals surface area contributed by atoms with Crippen molar-refractivity contribution in [3.63, 3.8) is 0 Å². The van der Waals surface area contributed by atoms with Crippen LogP contribution in [0.4, 0.5) is 0 Å². The van der Waals surface area contributed by atoms with Crippen LogP contribution in [0.1, 0.15) is 13.8 Å². The van der Waals surface area contributed by atoms with Crippen LogP contribution in [0.15, 0.2) is 24.5 Å². The topological polar surface area (TPSA) is 9.23 Å². The molecule has 0 bridgehead atoms. The van der Waals surface area contributed by atoms with Crippen molar-refractivity contribution in [2.24, 2.45) is 0 Å². The van der Waals surface area contributed by atoms with Gasteiger partial charge in [-0.3, -0.25) is 0 Å². The van der Waals surface area contributed by atoms with Crippen LogP contribution >= 0.6 is 0 Å². The molecular formula is C7H12O. The number of ether oxygens (including phenoxy) is 1. The Morgan fingerprint density at radius 3 is 2.50 bits per heavy atom. The van der Waals surface area contributed by atoms with E-state index in [2.05, 4.69) is 6.58 Å². The first kappa shape index (κ1) is 7.28. The molecule has 0 rings (SSSR count). The van der Waals surface area contributed by atoms with Gasteiger partial charge in [-0.2, -0.15) is 0 Å². The molecular weight excluding hydrogens is 100 g/mol. The third-order valence-corrected chi connectivity index (χ3v) is 0.797. The van der Waals surface area contributed by atoms with Gasteiger partial charge in [0.1, 0.15) is 5.76 Å². The van der Waals surface area contributed by atoms with E-state index in [1.807, 2.05) is 19.9 Å². The average Bonchev–Trinajstić information content (AvgIpc) is 1.83. The van der Waals surface area contributed by atoms with Gasteiger partial charge in [-0.15, -0.1) is 0 Å². The molecule has 0 unspecified atom stereocenters. The summed E-state index contributed by atoms with van der Waals surface area (Å²) in [5.74, 6) is 0.854. The Hall–Kier alpha value is -0.720. The molecule has 0 aliphatic carbocycles. The molecule has 1 nitrogen and oxygen atoms in total. The van der Waals surface area contributed by atoms with Gasteiger partial charge in [0.15, 0.2) is 0 Å². The van der Waals surface area contributed by atoms with E-state index in [4.69, 9.17) is 4.74 Å². The molecule has 0 radical (unpaired) electrons. The van der Waals surface area contributed by atoms with E-state index in [-0.39, 0.29) is 0 Å². The van der Waals surface area contributed by atoms with E-state index in [1.54, 1.807) is 6.08 Å². The molecule has 0 aliphatic heterocycles. The second-order valence-corrected chi connectivity index (χ2v) is 1.33. The summed E-state index contributed by atoms with van der Waals surface area (Å²) in [5, 5.41) is 0. The Labute approximate surface area is 50.7 Å². The van der Waals surface area contributed by atoms with Gasteiger partial charge < -0.3 is 4.74 Å². The van der Waals surface area contributed by atoms with Crippen LogP contribution in [-0.4, -0.2) is 6.61 Å². The number of hydrogen-bond donors (Lipinski definition) is 0. The third kappa shape index (κ3) is 2.45. The summed E-state index contributed by atoms with van der Waals surface area (Å²) < 4.78 is 5.08. The lowest BCUT2D eigenvalue weighted by molar-refractivity contribution is 0.242. The summed E-state index contributed by atoms with van der Waals surface area (Å²) in [7, 11) is 0. The van der Waals surface area contributed by atoms with Crippen LogP contribution in [0.3, 0.4) is 0 Å². The molecule has 0 aromatic carbocycles. The minimum Gasteiger partial charge on any atom is -0.494 e. The number of hydrogen-bond acceptors (Lipinski definition) is 1. The van der Waals surface area contributed by atoms with Gasteiger partial charge in [-0.1, -0.05) is 6.58 Å². The molecule has 0 amide bonds. The SMILES string of the molecule is C=CC(=CC)OCC. The fraction of sp³-hybridized carbons (Fsp3) is 0.429. The lowest BCUT2D eigenvalue weighted by Gasteiger charge is -1.99. The zero-order valence-electron chi connectivity index (χ0n) is 5.48. The first-order valence-corrected chi connectivity index (χ1v) is 2.76. The van der Waals surface area contributed by atoms with Crippen molar-refractivity contribution in [1.82, 2.24) is 0 Å². The van der Waals surface area contributed by atoms with Gasteiger partial charge in [0, 0.05) is 0 Å². The summed E-state index contributed by atoms with van der Waals surface area (Å²) in [6.07, 6.45) is 3.58. The number of allylic oxidation sites excluding steroid dienone is 2. The van der Waals surface area contributed by atoms with Crippen molar-refractivity contribution in [1.29, 1.82) is 0 Å². The molecule has 46 valence electrons. The van der Waals surface area contributed by atoms with Gasteiger partial charge in [0.25, 0.3) is 0 Å². The highest BCUT2D eigenvalue weighted by molar-refractivity contribution is 5.06. The summed E-state index contributed by atoms with van der Waals surface area (Å²) in [6.45, 7) is 8.15. The van der Waals surface area contributed by atoms with Crippen LogP contribution in [-0.2, 0) is 4.74 Å². The molecule has 8 heavy (non-hydrogen) atoms. The van der Waals surface area contributed by atoms with E-state index in [0.29, 0.717) is 6.61 Å². The maximum atomic E-state index is 5.08. The minimum atomic E-state index is 0.714. The Morgan fingerprint density at radius 1 is 1.75 bits per heavy atom. The highest BCUT2D eigenvalue weighted by Crippen LogP contribution is 1.95. The van der Waals surface area contributed by atoms with Crippen molar-refractivity contribution >= 4 is 0 Å². The third-order valence-electron chi connectivity index (χ3n) is 0.797. The molecule has 0 heterocycles. The monoisotopic (exact) mass is 112 g/mol. The molecule has 0 saturated heterocycles. The van der Waals surface area contributed by atoms with E-state index in [1.165, 1.54) is 0 Å². The Kier molecular flexibility index (Phi) is 4.04. The minimum absolute atomic E-state index is 0.714. The van der Waals surface area contributed by atoms with Crippen molar-refractivity contribution in [3.05, 3.63) is 24.5 Å². The molecule has 0 spiro atoms. The molecule has 0 aromatic rings. The Balaban J connectivity index is 3.54. The van der Waals surface area contributed by atoms with E-state index >= 15 is 0 Å². The van der Waals surface area contributed by atoms with Crippen molar-refractivity contribution < 1.29 is 4.74 Å². The van der Waals surface area contributed by atoms with Gasteiger partial charge in [0.2, 0.25) is 0 Å². The summed E-state index contributed by atoms with van der Waals surface area (Å²) >= 11 is 0. The van der Waals surface area contributed by atoms with Gasteiger partial charge in [0.05, 0.1) is 6.61 Å². The number of rotatable bonds is 3. The van der Waals surface area contributed by atoms with E-state index < -0.39 is 0 Å². The van der Waals surface area contributed by atoms with Gasteiger partial charge in [-0.25, -0.2) is 0 Å². The maximum absolute atomic E-state index is 5.08. The van der Waals surface area contributed by atoms with Crippen molar-refractivity contribution in [2.45, 2.75) is 13.8 Å².